The molecule has 1 heterocycles. The fraction of sp³-hybridized carbons (Fsp3) is 0.971. The van der Waals surface area contributed by atoms with Gasteiger partial charge < -0.3 is 34.3 Å². The lowest BCUT2D eigenvalue weighted by atomic mass is 9.99. The molecule has 1 aliphatic rings. The van der Waals surface area contributed by atoms with E-state index < -0.39 is 59.8 Å². The van der Waals surface area contributed by atoms with Crippen molar-refractivity contribution in [3.05, 3.63) is 0 Å². The number of ether oxygens (including phenoxy) is 4. The van der Waals surface area contributed by atoms with E-state index in [-0.39, 0.29) is 19.6 Å². The van der Waals surface area contributed by atoms with Gasteiger partial charge in [-0.25, -0.2) is 4.18 Å². The minimum atomic E-state index is -5.04. The summed E-state index contributed by atoms with van der Waals surface area (Å²) in [6.07, 6.45) is 16.5. The van der Waals surface area contributed by atoms with Crippen LogP contribution in [0.5, 0.6) is 0 Å². The van der Waals surface area contributed by atoms with E-state index in [0.29, 0.717) is 13.0 Å². The molecule has 1 aliphatic heterocycles. The van der Waals surface area contributed by atoms with Crippen molar-refractivity contribution in [3.8, 4) is 0 Å². The molecule has 0 aromatic rings. The highest BCUT2D eigenvalue weighted by atomic mass is 32.3. The van der Waals surface area contributed by atoms with Crippen molar-refractivity contribution in [2.45, 2.75) is 192 Å². The molecule has 0 aromatic carbocycles. The third-order valence-corrected chi connectivity index (χ3v) is 9.19. The molecule has 0 amide bonds. The van der Waals surface area contributed by atoms with Crippen LogP contribution in [0.1, 0.15) is 155 Å². The van der Waals surface area contributed by atoms with Crippen molar-refractivity contribution < 1.29 is 56.2 Å². The Morgan fingerprint density at radius 3 is 1.67 bits per heavy atom. The maximum Gasteiger partial charge on any atom is 0.397 e. The summed E-state index contributed by atoms with van der Waals surface area (Å²) in [7, 11) is -5.04. The van der Waals surface area contributed by atoms with Gasteiger partial charge in [0, 0.05) is 13.0 Å². The minimum absolute atomic E-state index is 0.0410. The number of unbranched alkanes of at least 4 members (excludes halogenated alkanes) is 19. The van der Waals surface area contributed by atoms with Gasteiger partial charge in [-0.05, 0) is 12.8 Å². The third-order valence-electron chi connectivity index (χ3n) is 8.73. The van der Waals surface area contributed by atoms with Gasteiger partial charge in [-0.1, -0.05) is 136 Å². The Bertz CT molecular complexity index is 874. The van der Waals surface area contributed by atoms with Crippen LogP contribution in [-0.4, -0.2) is 97.5 Å². The number of aliphatic hydroxyl groups is 3. The van der Waals surface area contributed by atoms with Crippen molar-refractivity contribution in [3.63, 3.8) is 0 Å². The number of esters is 1. The second-order valence-electron chi connectivity index (χ2n) is 13.2. The maximum absolute atomic E-state index is 12.5. The van der Waals surface area contributed by atoms with Gasteiger partial charge in [0.2, 0.25) is 0 Å². The number of hydrogen-bond donors (Lipinski definition) is 4. The summed E-state index contributed by atoms with van der Waals surface area (Å²) in [5, 5.41) is 30.3. The van der Waals surface area contributed by atoms with E-state index in [2.05, 4.69) is 18.0 Å². The van der Waals surface area contributed by atoms with Crippen LogP contribution in [-0.2, 0) is 38.3 Å². The van der Waals surface area contributed by atoms with Crippen molar-refractivity contribution in [2.24, 2.45) is 0 Å². The Hall–Kier alpha value is -0.900. The topological polar surface area (TPSA) is 178 Å². The van der Waals surface area contributed by atoms with Crippen molar-refractivity contribution in [2.75, 3.05) is 26.4 Å². The first-order chi connectivity index (χ1) is 23.1. The number of carbonyl (C=O) groups excluding carboxylic acids is 1. The van der Waals surface area contributed by atoms with E-state index in [9.17, 15) is 28.5 Å². The molecule has 0 spiro atoms. The Morgan fingerprint density at radius 1 is 0.708 bits per heavy atom. The molecule has 0 aliphatic carbocycles. The molecule has 6 atom stereocenters. The van der Waals surface area contributed by atoms with E-state index in [1.807, 2.05) is 0 Å². The number of rotatable bonds is 32. The average molecular weight is 713 g/mol. The van der Waals surface area contributed by atoms with Gasteiger partial charge in [-0.2, -0.15) is 8.42 Å². The number of aliphatic hydroxyl groups excluding tert-OH is 3. The SMILES string of the molecule is CCCCCCCCCCCCCCCCCCCOCC(COC1OC(CO)C(O)C(OS(=O)(=O)O)C1O)OC(=O)CCCCCC. The molecule has 1 saturated heterocycles. The van der Waals surface area contributed by atoms with Gasteiger partial charge in [0.15, 0.2) is 6.29 Å². The summed E-state index contributed by atoms with van der Waals surface area (Å²) in [6, 6.07) is 0. The summed E-state index contributed by atoms with van der Waals surface area (Å²) in [5.74, 6) is -0.414. The third kappa shape index (κ3) is 22.7. The smallest absolute Gasteiger partial charge is 0.397 e. The van der Waals surface area contributed by atoms with Crippen LogP contribution in [0, 0.1) is 0 Å². The Kier molecular flexibility index (Phi) is 27.0. The van der Waals surface area contributed by atoms with Gasteiger partial charge in [-0.3, -0.25) is 9.35 Å². The first-order valence-electron chi connectivity index (χ1n) is 18.8. The minimum Gasteiger partial charge on any atom is -0.457 e. The second kappa shape index (κ2) is 28.8. The van der Waals surface area contributed by atoms with E-state index >= 15 is 0 Å². The van der Waals surface area contributed by atoms with Crippen molar-refractivity contribution >= 4 is 16.4 Å². The summed E-state index contributed by atoms with van der Waals surface area (Å²) in [5.41, 5.74) is 0. The van der Waals surface area contributed by atoms with Crippen LogP contribution in [0.15, 0.2) is 0 Å². The molecule has 1 rings (SSSR count). The molecule has 6 unspecified atom stereocenters. The predicted molar refractivity (Wildman–Crippen MR) is 184 cm³/mol. The second-order valence-corrected chi connectivity index (χ2v) is 14.2. The zero-order valence-electron chi connectivity index (χ0n) is 29.8. The molecule has 1 fully saturated rings. The maximum atomic E-state index is 12.5. The lowest BCUT2D eigenvalue weighted by molar-refractivity contribution is -0.301. The van der Waals surface area contributed by atoms with Crippen LogP contribution in [0.3, 0.4) is 0 Å². The highest BCUT2D eigenvalue weighted by Gasteiger charge is 2.48. The lowest BCUT2D eigenvalue weighted by Gasteiger charge is -2.41. The predicted octanol–water partition coefficient (Wildman–Crippen LogP) is 6.18. The highest BCUT2D eigenvalue weighted by Crippen LogP contribution is 2.26. The molecule has 0 saturated carbocycles. The van der Waals surface area contributed by atoms with Gasteiger partial charge in [0.05, 0.1) is 19.8 Å². The van der Waals surface area contributed by atoms with Gasteiger partial charge in [0.1, 0.15) is 30.5 Å². The van der Waals surface area contributed by atoms with E-state index in [1.54, 1.807) is 0 Å². The zero-order chi connectivity index (χ0) is 35.5. The first kappa shape index (κ1) is 45.1. The molecule has 13 heteroatoms. The standard InChI is InChI=1S/C35H68O12S/c1-3-5-7-9-10-11-12-13-14-15-16-17-18-19-20-21-23-25-43-27-29(45-31(37)24-22-8-6-4-2)28-44-35-33(39)34(47-48(40,41)42)32(38)30(26-36)46-35/h29-30,32-36,38-39H,3-28H2,1-2H3,(H,40,41,42). The molecule has 0 radical (unpaired) electrons. The van der Waals surface area contributed by atoms with Crippen LogP contribution >= 0.6 is 0 Å². The van der Waals surface area contributed by atoms with Crippen molar-refractivity contribution in [1.82, 2.24) is 0 Å². The lowest BCUT2D eigenvalue weighted by Crippen LogP contribution is -2.60. The Labute approximate surface area is 290 Å². The van der Waals surface area contributed by atoms with Crippen LogP contribution in [0.2, 0.25) is 0 Å². The van der Waals surface area contributed by atoms with E-state index in [4.69, 9.17) is 23.5 Å². The van der Waals surface area contributed by atoms with Crippen LogP contribution in [0.4, 0.5) is 0 Å². The molecular weight excluding hydrogens is 644 g/mol. The average Bonchev–Trinajstić information content (AvgIpc) is 3.05. The summed E-state index contributed by atoms with van der Waals surface area (Å²) < 4.78 is 58.4. The van der Waals surface area contributed by atoms with Gasteiger partial charge >= 0.3 is 16.4 Å². The summed E-state index contributed by atoms with van der Waals surface area (Å²) in [4.78, 5) is 12.5. The first-order valence-corrected chi connectivity index (χ1v) is 20.2. The fourth-order valence-corrected chi connectivity index (χ4v) is 6.36. The van der Waals surface area contributed by atoms with E-state index in [1.165, 1.54) is 89.9 Å². The molecule has 12 nitrogen and oxygen atoms in total. The molecule has 48 heavy (non-hydrogen) atoms. The normalized spacial score (nSPS) is 22.2. The largest absolute Gasteiger partial charge is 0.457 e. The zero-order valence-corrected chi connectivity index (χ0v) is 30.6. The number of hydrogen-bond acceptors (Lipinski definition) is 11. The highest BCUT2D eigenvalue weighted by molar-refractivity contribution is 7.80. The molecule has 4 N–H and O–H groups in total. The van der Waals surface area contributed by atoms with Gasteiger partial charge in [0.25, 0.3) is 0 Å². The monoisotopic (exact) mass is 712 g/mol. The fourth-order valence-electron chi connectivity index (χ4n) is 5.85. The van der Waals surface area contributed by atoms with Crippen LogP contribution < -0.4 is 0 Å². The molecule has 286 valence electrons. The van der Waals surface area contributed by atoms with Crippen LogP contribution in [0.25, 0.3) is 0 Å². The number of carbonyl (C=O) groups is 1. The molecule has 0 aromatic heterocycles. The van der Waals surface area contributed by atoms with Gasteiger partial charge in [-0.15, -0.1) is 0 Å². The summed E-state index contributed by atoms with van der Waals surface area (Å²) >= 11 is 0. The molecular formula is C35H68O12S. The Morgan fingerprint density at radius 2 is 1.19 bits per heavy atom. The van der Waals surface area contributed by atoms with Crippen molar-refractivity contribution in [1.29, 1.82) is 0 Å². The quantitative estimate of drug-likeness (QED) is 0.0354. The molecule has 0 bridgehead atoms. The summed E-state index contributed by atoms with van der Waals surface area (Å²) in [6.45, 7) is 3.85. The van der Waals surface area contributed by atoms with E-state index in [0.717, 1.165) is 38.5 Å². The Balaban J connectivity index is 2.35.